The second-order valence-electron chi connectivity index (χ2n) is 7.16. The highest BCUT2D eigenvalue weighted by Gasteiger charge is 2.21. The van der Waals surface area contributed by atoms with Crippen LogP contribution in [0.4, 0.5) is 10.1 Å². The molecular formula is C22H20FN3O3S2. The molecule has 0 saturated heterocycles. The normalized spacial score (nSPS) is 11.7. The van der Waals surface area contributed by atoms with Crippen LogP contribution in [-0.2, 0) is 24.1 Å². The third-order valence-corrected chi connectivity index (χ3v) is 7.63. The molecule has 0 aliphatic heterocycles. The largest absolute Gasteiger partial charge is 0.328 e. The van der Waals surface area contributed by atoms with E-state index >= 15 is 0 Å². The van der Waals surface area contributed by atoms with Crippen molar-refractivity contribution in [2.45, 2.75) is 21.6 Å². The summed E-state index contributed by atoms with van der Waals surface area (Å²) in [7, 11) is -0.571. The number of aromatic nitrogens is 2. The van der Waals surface area contributed by atoms with Crippen LogP contribution in [0.5, 0.6) is 0 Å². The van der Waals surface area contributed by atoms with Gasteiger partial charge in [-0.05, 0) is 55.0 Å². The zero-order chi connectivity index (χ0) is 22.3. The minimum atomic E-state index is -3.87. The molecular weight excluding hydrogens is 437 g/mol. The number of imidazole rings is 1. The van der Waals surface area contributed by atoms with Gasteiger partial charge in [-0.3, -0.25) is 13.9 Å². The van der Waals surface area contributed by atoms with Crippen LogP contribution >= 0.6 is 11.8 Å². The van der Waals surface area contributed by atoms with Crippen molar-refractivity contribution in [3.8, 4) is 0 Å². The van der Waals surface area contributed by atoms with Crippen molar-refractivity contribution in [1.29, 1.82) is 0 Å². The lowest BCUT2D eigenvalue weighted by molar-refractivity contribution is 0.600. The van der Waals surface area contributed by atoms with Crippen molar-refractivity contribution in [1.82, 2.24) is 9.13 Å². The molecule has 0 radical (unpaired) electrons. The average Bonchev–Trinajstić information content (AvgIpc) is 2.93. The summed E-state index contributed by atoms with van der Waals surface area (Å²) in [5.41, 5.74) is 2.00. The lowest BCUT2D eigenvalue weighted by Gasteiger charge is -2.15. The Balaban J connectivity index is 1.87. The molecule has 1 N–H and O–H groups in total. The molecule has 0 atom stereocenters. The standard InChI is InChI=1S/C22H20FN3O3S2/c1-14-6-4-5-7-21(14)31(28,29)24-17-12-18-19(26(3)22(27)25(18)2)13-20(17)30-16-10-8-15(23)9-11-16/h4-13,24H,1-3H3. The molecule has 3 aromatic carbocycles. The minimum absolute atomic E-state index is 0.176. The van der Waals surface area contributed by atoms with Gasteiger partial charge in [-0.1, -0.05) is 30.0 Å². The highest BCUT2D eigenvalue weighted by atomic mass is 32.2. The fourth-order valence-corrected chi connectivity index (χ4v) is 5.68. The summed E-state index contributed by atoms with van der Waals surface area (Å²) in [4.78, 5) is 13.9. The molecule has 4 aromatic rings. The van der Waals surface area contributed by atoms with Crippen LogP contribution in [0, 0.1) is 12.7 Å². The summed E-state index contributed by atoms with van der Waals surface area (Å²) >= 11 is 1.28. The summed E-state index contributed by atoms with van der Waals surface area (Å²) < 4.78 is 45.2. The number of nitrogens with zero attached hydrogens (tertiary/aromatic N) is 2. The lowest BCUT2D eigenvalue weighted by Crippen LogP contribution is -2.19. The summed E-state index contributed by atoms with van der Waals surface area (Å²) in [5.74, 6) is -0.356. The van der Waals surface area contributed by atoms with Gasteiger partial charge in [0.15, 0.2) is 0 Å². The van der Waals surface area contributed by atoms with E-state index in [4.69, 9.17) is 0 Å². The summed E-state index contributed by atoms with van der Waals surface area (Å²) in [5, 5.41) is 0. The van der Waals surface area contributed by atoms with Crippen LogP contribution in [0.3, 0.4) is 0 Å². The Morgan fingerprint density at radius 3 is 2.19 bits per heavy atom. The lowest BCUT2D eigenvalue weighted by atomic mass is 10.2. The zero-order valence-corrected chi connectivity index (χ0v) is 18.7. The first-order valence-electron chi connectivity index (χ1n) is 9.39. The number of hydrogen-bond acceptors (Lipinski definition) is 4. The third-order valence-electron chi connectivity index (χ3n) is 5.04. The Bertz CT molecular complexity index is 1460. The SMILES string of the molecule is Cc1ccccc1S(=O)(=O)Nc1cc2c(cc1Sc1ccc(F)cc1)n(C)c(=O)n2C. The first kappa shape index (κ1) is 21.2. The zero-order valence-electron chi connectivity index (χ0n) is 17.1. The highest BCUT2D eigenvalue weighted by Crippen LogP contribution is 2.37. The van der Waals surface area contributed by atoms with E-state index in [0.29, 0.717) is 27.2 Å². The minimum Gasteiger partial charge on any atom is -0.295 e. The number of hydrogen-bond donors (Lipinski definition) is 1. The van der Waals surface area contributed by atoms with E-state index in [1.165, 1.54) is 33.0 Å². The molecule has 0 aliphatic rings. The van der Waals surface area contributed by atoms with E-state index in [0.717, 1.165) is 4.90 Å². The van der Waals surface area contributed by atoms with Gasteiger partial charge in [0.1, 0.15) is 5.82 Å². The highest BCUT2D eigenvalue weighted by molar-refractivity contribution is 7.99. The van der Waals surface area contributed by atoms with Crippen molar-refractivity contribution in [3.63, 3.8) is 0 Å². The number of fused-ring (bicyclic) bond motifs is 1. The van der Waals surface area contributed by atoms with Crippen molar-refractivity contribution in [2.24, 2.45) is 14.1 Å². The van der Waals surface area contributed by atoms with Gasteiger partial charge >= 0.3 is 5.69 Å². The van der Waals surface area contributed by atoms with Gasteiger partial charge < -0.3 is 0 Å². The van der Waals surface area contributed by atoms with Gasteiger partial charge in [-0.25, -0.2) is 17.6 Å². The topological polar surface area (TPSA) is 73.1 Å². The van der Waals surface area contributed by atoms with E-state index in [1.807, 2.05) is 0 Å². The molecule has 6 nitrogen and oxygen atoms in total. The fourth-order valence-electron chi connectivity index (χ4n) is 3.38. The summed E-state index contributed by atoms with van der Waals surface area (Å²) in [6.07, 6.45) is 0. The smallest absolute Gasteiger partial charge is 0.295 e. The monoisotopic (exact) mass is 457 g/mol. The molecule has 0 bridgehead atoms. The second kappa shape index (κ2) is 7.90. The van der Waals surface area contributed by atoms with E-state index in [1.54, 1.807) is 69.6 Å². The fraction of sp³-hybridized carbons (Fsp3) is 0.136. The van der Waals surface area contributed by atoms with Crippen molar-refractivity contribution >= 4 is 38.5 Å². The molecule has 31 heavy (non-hydrogen) atoms. The Morgan fingerprint density at radius 2 is 1.55 bits per heavy atom. The number of aryl methyl sites for hydroxylation is 3. The van der Waals surface area contributed by atoms with Crippen LogP contribution in [0.1, 0.15) is 5.56 Å². The van der Waals surface area contributed by atoms with Crippen LogP contribution in [0.2, 0.25) is 0 Å². The predicted molar refractivity (Wildman–Crippen MR) is 121 cm³/mol. The number of halogens is 1. The van der Waals surface area contributed by atoms with Crippen molar-refractivity contribution < 1.29 is 12.8 Å². The van der Waals surface area contributed by atoms with Crippen molar-refractivity contribution in [2.75, 3.05) is 4.72 Å². The quantitative estimate of drug-likeness (QED) is 0.486. The van der Waals surface area contributed by atoms with E-state index in [2.05, 4.69) is 4.72 Å². The molecule has 0 amide bonds. The molecule has 1 aromatic heterocycles. The molecule has 1 heterocycles. The van der Waals surface area contributed by atoms with E-state index < -0.39 is 10.0 Å². The Hall–Kier alpha value is -3.04. The molecule has 0 unspecified atom stereocenters. The van der Waals surface area contributed by atoms with Gasteiger partial charge in [-0.15, -0.1) is 0 Å². The van der Waals surface area contributed by atoms with Gasteiger partial charge in [0.05, 0.1) is 21.6 Å². The van der Waals surface area contributed by atoms with Gasteiger partial charge in [0, 0.05) is 23.9 Å². The first-order valence-corrected chi connectivity index (χ1v) is 11.7. The first-order chi connectivity index (χ1) is 14.7. The summed E-state index contributed by atoms with van der Waals surface area (Å²) in [6.45, 7) is 1.73. The van der Waals surface area contributed by atoms with Crippen LogP contribution in [0.25, 0.3) is 11.0 Å². The average molecular weight is 458 g/mol. The van der Waals surface area contributed by atoms with Crippen LogP contribution < -0.4 is 10.4 Å². The molecule has 0 spiro atoms. The molecule has 0 fully saturated rings. The molecule has 160 valence electrons. The molecule has 9 heteroatoms. The van der Waals surface area contributed by atoms with Crippen LogP contribution in [-0.4, -0.2) is 17.6 Å². The number of anilines is 1. The maximum Gasteiger partial charge on any atom is 0.328 e. The Morgan fingerprint density at radius 1 is 0.935 bits per heavy atom. The maximum atomic E-state index is 13.3. The number of rotatable bonds is 5. The van der Waals surface area contributed by atoms with Gasteiger partial charge in [0.25, 0.3) is 10.0 Å². The number of benzene rings is 3. The molecule has 0 aliphatic carbocycles. The van der Waals surface area contributed by atoms with Crippen molar-refractivity contribution in [3.05, 3.63) is 82.5 Å². The van der Waals surface area contributed by atoms with Gasteiger partial charge in [0.2, 0.25) is 0 Å². The van der Waals surface area contributed by atoms with E-state index in [9.17, 15) is 17.6 Å². The molecule has 4 rings (SSSR count). The predicted octanol–water partition coefficient (Wildman–Crippen LogP) is 4.28. The number of sulfonamides is 1. The second-order valence-corrected chi connectivity index (χ2v) is 9.93. The Labute approximate surface area is 183 Å². The van der Waals surface area contributed by atoms with Crippen LogP contribution in [0.15, 0.2) is 80.1 Å². The van der Waals surface area contributed by atoms with Gasteiger partial charge in [-0.2, -0.15) is 0 Å². The van der Waals surface area contributed by atoms with E-state index in [-0.39, 0.29) is 16.4 Å². The Kier molecular flexibility index (Phi) is 5.40. The number of nitrogens with one attached hydrogen (secondary N) is 1. The maximum absolute atomic E-state index is 13.3. The third kappa shape index (κ3) is 3.98. The summed E-state index contributed by atoms with van der Waals surface area (Å²) in [6, 6.07) is 16.1. The molecule has 0 saturated carbocycles.